The number of aliphatic hydroxyl groups excluding tert-OH is 1. The Kier molecular flexibility index (Phi) is 5.08. The smallest absolute Gasteiger partial charge is 0.125 e. The number of methoxy groups -OCH3 is 1. The second-order valence-electron chi connectivity index (χ2n) is 5.12. The molecule has 0 aliphatic heterocycles. The maximum Gasteiger partial charge on any atom is 0.125 e. The first-order valence-electron chi connectivity index (χ1n) is 6.77. The lowest BCUT2D eigenvalue weighted by Gasteiger charge is -2.29. The molecule has 1 N–H and O–H groups in total. The number of aliphatic hydroxyl groups is 1. The Morgan fingerprint density at radius 3 is 2.74 bits per heavy atom. The summed E-state index contributed by atoms with van der Waals surface area (Å²) >= 11 is 5.96. The quantitative estimate of drug-likeness (QED) is 0.915. The van der Waals surface area contributed by atoms with Crippen LogP contribution < -0.4 is 4.74 Å². The van der Waals surface area contributed by atoms with Gasteiger partial charge in [0.05, 0.1) is 12.2 Å². The lowest BCUT2D eigenvalue weighted by atomic mass is 9.94. The minimum atomic E-state index is -0.587. The summed E-state index contributed by atoms with van der Waals surface area (Å²) < 4.78 is 11.4. The highest BCUT2D eigenvalue weighted by atomic mass is 35.5. The van der Waals surface area contributed by atoms with Crippen LogP contribution in [0.15, 0.2) is 18.2 Å². The van der Waals surface area contributed by atoms with Gasteiger partial charge in [0.15, 0.2) is 0 Å². The Labute approximate surface area is 119 Å². The Bertz CT molecular complexity index is 420. The lowest BCUT2D eigenvalue weighted by molar-refractivity contribution is 0.0199. The molecule has 1 aliphatic carbocycles. The number of rotatable bonds is 4. The number of benzene rings is 1. The van der Waals surface area contributed by atoms with Gasteiger partial charge in [-0.25, -0.2) is 0 Å². The molecule has 0 radical (unpaired) electrons. The second kappa shape index (κ2) is 6.60. The van der Waals surface area contributed by atoms with Crippen LogP contribution in [0.4, 0.5) is 0 Å². The zero-order valence-electron chi connectivity index (χ0n) is 11.4. The molecule has 1 aromatic rings. The molecule has 0 aromatic heterocycles. The third kappa shape index (κ3) is 3.85. The van der Waals surface area contributed by atoms with Gasteiger partial charge in [0.1, 0.15) is 11.9 Å². The van der Waals surface area contributed by atoms with Crippen LogP contribution in [0.1, 0.15) is 44.3 Å². The normalized spacial score (nSPS) is 25.1. The molecule has 4 heteroatoms. The summed E-state index contributed by atoms with van der Waals surface area (Å²) in [7, 11) is 1.75. The first-order chi connectivity index (χ1) is 9.10. The first-order valence-corrected chi connectivity index (χ1v) is 7.15. The third-order valence-corrected chi connectivity index (χ3v) is 3.86. The van der Waals surface area contributed by atoms with E-state index in [4.69, 9.17) is 21.1 Å². The molecule has 0 bridgehead atoms. The van der Waals surface area contributed by atoms with E-state index in [-0.39, 0.29) is 12.2 Å². The van der Waals surface area contributed by atoms with Gasteiger partial charge in [-0.1, -0.05) is 11.6 Å². The average molecular weight is 285 g/mol. The fourth-order valence-corrected chi connectivity index (χ4v) is 2.74. The molecule has 0 amide bonds. The number of hydrogen-bond acceptors (Lipinski definition) is 3. The van der Waals surface area contributed by atoms with Gasteiger partial charge in [0.2, 0.25) is 0 Å². The number of halogens is 1. The molecular weight excluding hydrogens is 264 g/mol. The minimum absolute atomic E-state index is 0.150. The van der Waals surface area contributed by atoms with E-state index >= 15 is 0 Å². The van der Waals surface area contributed by atoms with Crippen LogP contribution in [-0.2, 0) is 4.74 Å². The monoisotopic (exact) mass is 284 g/mol. The molecule has 106 valence electrons. The van der Waals surface area contributed by atoms with E-state index in [1.165, 1.54) is 0 Å². The topological polar surface area (TPSA) is 38.7 Å². The van der Waals surface area contributed by atoms with Gasteiger partial charge in [-0.2, -0.15) is 0 Å². The van der Waals surface area contributed by atoms with Crippen molar-refractivity contribution in [2.24, 2.45) is 0 Å². The molecule has 19 heavy (non-hydrogen) atoms. The fraction of sp³-hybridized carbons (Fsp3) is 0.600. The third-order valence-electron chi connectivity index (χ3n) is 3.63. The predicted molar refractivity (Wildman–Crippen MR) is 75.8 cm³/mol. The van der Waals surface area contributed by atoms with Gasteiger partial charge in [0, 0.05) is 24.1 Å². The van der Waals surface area contributed by atoms with E-state index in [9.17, 15) is 5.11 Å². The highest BCUT2D eigenvalue weighted by Crippen LogP contribution is 2.32. The number of hydrogen-bond donors (Lipinski definition) is 1. The fourth-order valence-electron chi connectivity index (χ4n) is 2.56. The van der Waals surface area contributed by atoms with Crippen molar-refractivity contribution >= 4 is 11.6 Å². The highest BCUT2D eigenvalue weighted by Gasteiger charge is 2.24. The molecule has 3 nitrogen and oxygen atoms in total. The van der Waals surface area contributed by atoms with Crippen molar-refractivity contribution in [1.82, 2.24) is 0 Å². The SMILES string of the molecule is COC1CCCC(Oc2ccc(Cl)cc2[C@H](C)O)C1. The molecule has 0 saturated heterocycles. The van der Waals surface area contributed by atoms with Gasteiger partial charge in [-0.3, -0.25) is 0 Å². The van der Waals surface area contributed by atoms with E-state index in [1.54, 1.807) is 26.2 Å². The summed E-state index contributed by atoms with van der Waals surface area (Å²) in [4.78, 5) is 0. The van der Waals surface area contributed by atoms with Crippen molar-refractivity contribution in [2.75, 3.05) is 7.11 Å². The van der Waals surface area contributed by atoms with Crippen molar-refractivity contribution in [3.8, 4) is 5.75 Å². The second-order valence-corrected chi connectivity index (χ2v) is 5.56. The minimum Gasteiger partial charge on any atom is -0.490 e. The molecule has 3 atom stereocenters. The van der Waals surface area contributed by atoms with Gasteiger partial charge < -0.3 is 14.6 Å². The van der Waals surface area contributed by atoms with Gasteiger partial charge in [-0.05, 0) is 44.4 Å². The van der Waals surface area contributed by atoms with Crippen molar-refractivity contribution in [3.05, 3.63) is 28.8 Å². The zero-order chi connectivity index (χ0) is 13.8. The maximum absolute atomic E-state index is 9.79. The predicted octanol–water partition coefficient (Wildman–Crippen LogP) is 3.73. The molecule has 1 aliphatic rings. The molecule has 2 rings (SSSR count). The van der Waals surface area contributed by atoms with E-state index in [1.807, 2.05) is 6.07 Å². The summed E-state index contributed by atoms with van der Waals surface area (Å²) in [6.45, 7) is 1.72. The molecule has 1 aromatic carbocycles. The van der Waals surface area contributed by atoms with Gasteiger partial charge in [-0.15, -0.1) is 0 Å². The first kappa shape index (κ1) is 14.6. The average Bonchev–Trinajstić information content (AvgIpc) is 2.41. The van der Waals surface area contributed by atoms with Gasteiger partial charge in [0.25, 0.3) is 0 Å². The lowest BCUT2D eigenvalue weighted by Crippen LogP contribution is -2.29. The van der Waals surface area contributed by atoms with Crippen molar-refractivity contribution in [3.63, 3.8) is 0 Å². The highest BCUT2D eigenvalue weighted by molar-refractivity contribution is 6.30. The van der Waals surface area contributed by atoms with E-state index in [0.29, 0.717) is 5.02 Å². The van der Waals surface area contributed by atoms with Crippen molar-refractivity contribution in [2.45, 2.75) is 50.9 Å². The van der Waals surface area contributed by atoms with Crippen LogP contribution in [0.2, 0.25) is 5.02 Å². The summed E-state index contributed by atoms with van der Waals surface area (Å²) in [5.41, 5.74) is 0.743. The largest absolute Gasteiger partial charge is 0.490 e. The van der Waals surface area contributed by atoms with Crippen LogP contribution in [0.3, 0.4) is 0 Å². The van der Waals surface area contributed by atoms with Crippen molar-refractivity contribution < 1.29 is 14.6 Å². The molecule has 0 spiro atoms. The molecule has 1 saturated carbocycles. The molecule has 0 heterocycles. The standard InChI is InChI=1S/C15H21ClO3/c1-10(17)14-8-11(16)6-7-15(14)19-13-5-3-4-12(9-13)18-2/h6-8,10,12-13,17H,3-5,9H2,1-2H3/t10-,12?,13?/m0/s1. The van der Waals surface area contributed by atoms with Crippen molar-refractivity contribution in [1.29, 1.82) is 0 Å². The van der Waals surface area contributed by atoms with Crippen LogP contribution in [0.25, 0.3) is 0 Å². The Hall–Kier alpha value is -0.770. The van der Waals surface area contributed by atoms with Gasteiger partial charge >= 0.3 is 0 Å². The summed E-state index contributed by atoms with van der Waals surface area (Å²) in [6.07, 6.45) is 3.98. The molecule has 1 fully saturated rings. The Morgan fingerprint density at radius 1 is 1.32 bits per heavy atom. The molecular formula is C15H21ClO3. The Balaban J connectivity index is 2.10. The summed E-state index contributed by atoms with van der Waals surface area (Å²) in [5, 5.41) is 10.4. The molecule has 2 unspecified atom stereocenters. The van der Waals surface area contributed by atoms with Crippen LogP contribution in [0.5, 0.6) is 5.75 Å². The zero-order valence-corrected chi connectivity index (χ0v) is 12.2. The Morgan fingerprint density at radius 2 is 2.05 bits per heavy atom. The number of ether oxygens (including phenoxy) is 2. The van der Waals surface area contributed by atoms with E-state index in [0.717, 1.165) is 37.0 Å². The van der Waals surface area contributed by atoms with Crippen LogP contribution in [-0.4, -0.2) is 24.4 Å². The van der Waals surface area contributed by atoms with E-state index < -0.39 is 6.10 Å². The van der Waals surface area contributed by atoms with Crippen LogP contribution >= 0.6 is 11.6 Å². The summed E-state index contributed by atoms with van der Waals surface area (Å²) in [6, 6.07) is 5.39. The summed E-state index contributed by atoms with van der Waals surface area (Å²) in [5.74, 6) is 0.723. The van der Waals surface area contributed by atoms with E-state index in [2.05, 4.69) is 0 Å². The maximum atomic E-state index is 9.79. The van der Waals surface area contributed by atoms with Crippen LogP contribution in [0, 0.1) is 0 Å².